The summed E-state index contributed by atoms with van der Waals surface area (Å²) in [4.78, 5) is 14.7. The van der Waals surface area contributed by atoms with Crippen molar-refractivity contribution in [1.29, 1.82) is 0 Å². The number of carbonyl (C=O) groups excluding carboxylic acids is 1. The molecule has 0 bridgehead atoms. The molecule has 0 aliphatic rings. The third-order valence-corrected chi connectivity index (χ3v) is 2.13. The van der Waals surface area contributed by atoms with Crippen molar-refractivity contribution >= 4 is 6.29 Å². The highest BCUT2D eigenvalue weighted by Crippen LogP contribution is 2.10. The molecule has 1 aromatic heterocycles. The Balaban J connectivity index is 2.73. The van der Waals surface area contributed by atoms with Gasteiger partial charge >= 0.3 is 0 Å². The van der Waals surface area contributed by atoms with Crippen LogP contribution in [0.15, 0.2) is 54.9 Å². The quantitative estimate of drug-likeness (QED) is 0.555. The van der Waals surface area contributed by atoms with Crippen molar-refractivity contribution in [3.05, 3.63) is 66.0 Å². The summed E-state index contributed by atoms with van der Waals surface area (Å²) in [6.45, 7) is 5.90. The van der Waals surface area contributed by atoms with E-state index in [1.165, 1.54) is 0 Å². The van der Waals surface area contributed by atoms with Gasteiger partial charge in [-0.3, -0.25) is 9.78 Å². The van der Waals surface area contributed by atoms with Crippen molar-refractivity contribution in [2.75, 3.05) is 0 Å². The zero-order valence-electron chi connectivity index (χ0n) is 9.39. The van der Waals surface area contributed by atoms with E-state index < -0.39 is 0 Å². The number of hydrogen-bond donors (Lipinski definition) is 0. The Kier molecular flexibility index (Phi) is 4.93. The van der Waals surface area contributed by atoms with Gasteiger partial charge in [-0.25, -0.2) is 0 Å². The fourth-order valence-corrected chi connectivity index (χ4v) is 1.31. The second kappa shape index (κ2) is 6.51. The number of hydrogen-bond acceptors (Lipinski definition) is 2. The summed E-state index contributed by atoms with van der Waals surface area (Å²) < 4.78 is 0. The molecular weight excluding hydrogens is 198 g/mol. The molecule has 2 heteroatoms. The third kappa shape index (κ3) is 3.65. The Hall–Kier alpha value is -1.96. The summed E-state index contributed by atoms with van der Waals surface area (Å²) in [6.07, 6.45) is 12.5. The molecule has 0 saturated heterocycles. The van der Waals surface area contributed by atoms with E-state index in [1.54, 1.807) is 12.4 Å². The lowest BCUT2D eigenvalue weighted by molar-refractivity contribution is 0.112. The molecule has 0 aliphatic heterocycles. The van der Waals surface area contributed by atoms with E-state index in [-0.39, 0.29) is 0 Å². The maximum Gasteiger partial charge on any atom is 0.151 e. The summed E-state index contributed by atoms with van der Waals surface area (Å²) >= 11 is 0. The molecule has 0 amide bonds. The van der Waals surface area contributed by atoms with Gasteiger partial charge in [0.05, 0.1) is 0 Å². The maximum atomic E-state index is 10.8. The molecule has 0 radical (unpaired) electrons. The normalized spacial score (nSPS) is 11.1. The van der Waals surface area contributed by atoms with Gasteiger partial charge in [0.15, 0.2) is 6.29 Å². The molecule has 0 spiro atoms. The topological polar surface area (TPSA) is 30.0 Å². The number of carbonyl (C=O) groups is 1. The first kappa shape index (κ1) is 12.1. The average Bonchev–Trinajstić information content (AvgIpc) is 2.30. The molecule has 0 fully saturated rings. The van der Waals surface area contributed by atoms with Crippen LogP contribution in [-0.4, -0.2) is 11.3 Å². The molecule has 1 rings (SSSR count). The number of aldehydes is 1. The second-order valence-corrected chi connectivity index (χ2v) is 3.41. The fourth-order valence-electron chi connectivity index (χ4n) is 1.31. The van der Waals surface area contributed by atoms with Crippen molar-refractivity contribution in [3.8, 4) is 0 Å². The van der Waals surface area contributed by atoms with Gasteiger partial charge in [-0.15, -0.1) is 0 Å². The molecule has 1 aromatic rings. The molecule has 82 valence electrons. The molecule has 16 heavy (non-hydrogen) atoms. The highest BCUT2D eigenvalue weighted by atomic mass is 16.1. The molecule has 0 atom stereocenters. The lowest BCUT2D eigenvalue weighted by Gasteiger charge is -2.03. The van der Waals surface area contributed by atoms with Crippen molar-refractivity contribution in [2.45, 2.75) is 13.3 Å². The lowest BCUT2D eigenvalue weighted by Crippen LogP contribution is -1.94. The fraction of sp³-hybridized carbons (Fsp3) is 0.143. The largest absolute Gasteiger partial charge is 0.298 e. The minimum Gasteiger partial charge on any atom is -0.298 e. The van der Waals surface area contributed by atoms with Crippen LogP contribution in [0.1, 0.15) is 22.8 Å². The van der Waals surface area contributed by atoms with Gasteiger partial charge in [-0.1, -0.05) is 36.5 Å². The van der Waals surface area contributed by atoms with Gasteiger partial charge in [0.2, 0.25) is 0 Å². The van der Waals surface area contributed by atoms with Crippen LogP contribution in [0.3, 0.4) is 0 Å². The maximum absolute atomic E-state index is 10.8. The van der Waals surface area contributed by atoms with Crippen molar-refractivity contribution in [1.82, 2.24) is 4.98 Å². The van der Waals surface area contributed by atoms with Crippen LogP contribution in [0.5, 0.6) is 0 Å². The van der Waals surface area contributed by atoms with Gasteiger partial charge in [-0.2, -0.15) is 0 Å². The Morgan fingerprint density at radius 3 is 3.00 bits per heavy atom. The molecular formula is C14H15NO. The van der Waals surface area contributed by atoms with E-state index in [0.29, 0.717) is 12.0 Å². The molecule has 2 nitrogen and oxygen atoms in total. The Morgan fingerprint density at radius 2 is 2.31 bits per heavy atom. The average molecular weight is 213 g/mol. The monoisotopic (exact) mass is 213 g/mol. The zero-order chi connectivity index (χ0) is 11.8. The summed E-state index contributed by atoms with van der Waals surface area (Å²) in [5.74, 6) is 0. The second-order valence-electron chi connectivity index (χ2n) is 3.41. The first-order valence-corrected chi connectivity index (χ1v) is 5.13. The Morgan fingerprint density at radius 1 is 1.50 bits per heavy atom. The number of nitrogens with zero attached hydrogens (tertiary/aromatic N) is 1. The highest BCUT2D eigenvalue weighted by molar-refractivity contribution is 5.76. The number of pyridine rings is 1. The molecule has 0 saturated carbocycles. The molecule has 0 aromatic carbocycles. The van der Waals surface area contributed by atoms with Gasteiger partial charge in [-0.05, 0) is 25.0 Å². The van der Waals surface area contributed by atoms with Crippen molar-refractivity contribution in [2.24, 2.45) is 0 Å². The van der Waals surface area contributed by atoms with Gasteiger partial charge in [0.25, 0.3) is 0 Å². The summed E-state index contributed by atoms with van der Waals surface area (Å²) in [7, 11) is 0. The minimum absolute atomic E-state index is 0.628. The predicted octanol–water partition coefficient (Wildman–Crippen LogP) is 3.13. The molecule has 0 aliphatic carbocycles. The van der Waals surface area contributed by atoms with E-state index in [4.69, 9.17) is 0 Å². The van der Waals surface area contributed by atoms with Crippen LogP contribution in [0.25, 0.3) is 0 Å². The number of rotatable bonds is 5. The van der Waals surface area contributed by atoms with E-state index in [9.17, 15) is 4.79 Å². The molecule has 0 unspecified atom stereocenters. The van der Waals surface area contributed by atoms with Gasteiger partial charge in [0, 0.05) is 18.0 Å². The Bertz CT molecular complexity index is 430. The van der Waals surface area contributed by atoms with Crippen LogP contribution in [0, 0.1) is 0 Å². The predicted molar refractivity (Wildman–Crippen MR) is 66.4 cm³/mol. The first-order chi connectivity index (χ1) is 7.77. The summed E-state index contributed by atoms with van der Waals surface area (Å²) in [5.41, 5.74) is 2.55. The SMILES string of the molecule is C=C(/C=C\C=C/C)Cc1ccncc1C=O. The van der Waals surface area contributed by atoms with E-state index in [0.717, 1.165) is 17.4 Å². The molecule has 1 heterocycles. The van der Waals surface area contributed by atoms with E-state index in [2.05, 4.69) is 11.6 Å². The number of aromatic nitrogens is 1. The Labute approximate surface area is 96.0 Å². The standard InChI is InChI=1S/C14H15NO/c1-3-4-5-6-12(2)9-13-7-8-15-10-14(13)11-16/h3-8,10-11H,2,9H2,1H3/b4-3-,6-5-. The summed E-state index contributed by atoms with van der Waals surface area (Å²) in [5, 5.41) is 0. The van der Waals surface area contributed by atoms with Gasteiger partial charge in [0.1, 0.15) is 0 Å². The van der Waals surface area contributed by atoms with Gasteiger partial charge < -0.3 is 0 Å². The highest BCUT2D eigenvalue weighted by Gasteiger charge is 2.01. The molecule has 0 N–H and O–H groups in total. The zero-order valence-corrected chi connectivity index (χ0v) is 9.39. The third-order valence-electron chi connectivity index (χ3n) is 2.13. The minimum atomic E-state index is 0.628. The van der Waals surface area contributed by atoms with Crippen molar-refractivity contribution in [3.63, 3.8) is 0 Å². The van der Waals surface area contributed by atoms with Crippen LogP contribution < -0.4 is 0 Å². The van der Waals surface area contributed by atoms with Crippen LogP contribution in [-0.2, 0) is 6.42 Å². The van der Waals surface area contributed by atoms with Crippen LogP contribution >= 0.6 is 0 Å². The van der Waals surface area contributed by atoms with Crippen LogP contribution in [0.4, 0.5) is 0 Å². The number of allylic oxidation sites excluding steroid dienone is 5. The van der Waals surface area contributed by atoms with E-state index in [1.807, 2.05) is 37.3 Å². The van der Waals surface area contributed by atoms with E-state index >= 15 is 0 Å². The first-order valence-electron chi connectivity index (χ1n) is 5.13. The smallest absolute Gasteiger partial charge is 0.151 e. The summed E-state index contributed by atoms with van der Waals surface area (Å²) in [6, 6.07) is 1.85. The van der Waals surface area contributed by atoms with Crippen molar-refractivity contribution < 1.29 is 4.79 Å². The lowest BCUT2D eigenvalue weighted by atomic mass is 10.0. The van der Waals surface area contributed by atoms with Crippen LogP contribution in [0.2, 0.25) is 0 Å².